The van der Waals surface area contributed by atoms with E-state index in [4.69, 9.17) is 21.7 Å². The van der Waals surface area contributed by atoms with Crippen molar-refractivity contribution in [1.82, 2.24) is 5.32 Å². The summed E-state index contributed by atoms with van der Waals surface area (Å²) in [7, 11) is 0. The highest BCUT2D eigenvalue weighted by atomic mass is 16.4. The number of aliphatic carboxylic acids is 2. The van der Waals surface area contributed by atoms with E-state index in [1.54, 1.807) is 0 Å². The summed E-state index contributed by atoms with van der Waals surface area (Å²) in [5, 5.41) is 19.2. The monoisotopic (exact) mass is 303 g/mol. The van der Waals surface area contributed by atoms with Crippen LogP contribution in [-0.4, -0.2) is 52.0 Å². The smallest absolute Gasteiger partial charge is 0.322 e. The first-order valence-corrected chi connectivity index (χ1v) is 6.34. The second kappa shape index (κ2) is 7.70. The van der Waals surface area contributed by atoms with Crippen molar-refractivity contribution in [1.29, 1.82) is 0 Å². The number of ketones is 1. The first kappa shape index (κ1) is 19.0. The van der Waals surface area contributed by atoms with Gasteiger partial charge in [0.15, 0.2) is 11.3 Å². The number of carboxylic acids is 2. The van der Waals surface area contributed by atoms with Crippen molar-refractivity contribution in [3.8, 4) is 0 Å². The lowest BCUT2D eigenvalue weighted by Gasteiger charge is -2.30. The molecule has 0 aromatic rings. The van der Waals surface area contributed by atoms with Crippen molar-refractivity contribution in [2.75, 3.05) is 6.54 Å². The number of Topliss-reactive ketones (excluding diaryl/α,β-unsaturated/α-hetero) is 1. The van der Waals surface area contributed by atoms with E-state index in [0.717, 1.165) is 0 Å². The molecule has 9 nitrogen and oxygen atoms in total. The summed E-state index contributed by atoms with van der Waals surface area (Å²) in [6.07, 6.45) is -0.450. The van der Waals surface area contributed by atoms with Gasteiger partial charge in [0.05, 0.1) is 0 Å². The molecule has 7 N–H and O–H groups in total. The highest BCUT2D eigenvalue weighted by Crippen LogP contribution is 2.19. The van der Waals surface area contributed by atoms with Crippen molar-refractivity contribution >= 4 is 23.6 Å². The third-order valence-electron chi connectivity index (χ3n) is 3.15. The minimum atomic E-state index is -1.92. The van der Waals surface area contributed by atoms with E-state index in [0.29, 0.717) is 0 Å². The van der Waals surface area contributed by atoms with Gasteiger partial charge in [0.1, 0.15) is 12.6 Å². The zero-order chi connectivity index (χ0) is 16.8. The van der Waals surface area contributed by atoms with E-state index in [1.807, 2.05) is 0 Å². The molecule has 0 aliphatic rings. The van der Waals surface area contributed by atoms with Gasteiger partial charge in [-0.25, -0.2) is 0 Å². The van der Waals surface area contributed by atoms with Crippen LogP contribution >= 0.6 is 0 Å². The van der Waals surface area contributed by atoms with Gasteiger partial charge in [0.2, 0.25) is 5.91 Å². The van der Waals surface area contributed by atoms with E-state index in [1.165, 1.54) is 13.8 Å². The van der Waals surface area contributed by atoms with E-state index in [9.17, 15) is 19.2 Å². The van der Waals surface area contributed by atoms with Crippen LogP contribution in [0.2, 0.25) is 0 Å². The summed E-state index contributed by atoms with van der Waals surface area (Å²) in [5.41, 5.74) is 9.20. The molecule has 0 heterocycles. The number of nitrogens with two attached hydrogens (primary N) is 2. The number of carbonyl (C=O) groups is 4. The fraction of sp³-hybridized carbons (Fsp3) is 0.667. The van der Waals surface area contributed by atoms with Crippen molar-refractivity contribution in [2.24, 2.45) is 17.4 Å². The maximum absolute atomic E-state index is 12.1. The molecule has 0 saturated carbocycles. The lowest BCUT2D eigenvalue weighted by Crippen LogP contribution is -2.63. The fourth-order valence-electron chi connectivity index (χ4n) is 1.63. The average molecular weight is 303 g/mol. The topological polar surface area (TPSA) is 173 Å². The van der Waals surface area contributed by atoms with E-state index in [2.05, 4.69) is 5.32 Å². The van der Waals surface area contributed by atoms with Crippen LogP contribution in [0.4, 0.5) is 0 Å². The molecule has 1 amide bonds. The Morgan fingerprint density at radius 1 is 1.19 bits per heavy atom. The first-order chi connectivity index (χ1) is 9.53. The molecule has 0 fully saturated rings. The van der Waals surface area contributed by atoms with Crippen LogP contribution in [-0.2, 0) is 19.2 Å². The number of carboxylic acid groups (broad SMARTS) is 2. The number of hydrogen-bond donors (Lipinski definition) is 5. The predicted octanol–water partition coefficient (Wildman–Crippen LogP) is -1.70. The van der Waals surface area contributed by atoms with Gasteiger partial charge in [-0.1, -0.05) is 13.8 Å². The van der Waals surface area contributed by atoms with Crippen LogP contribution in [0.5, 0.6) is 0 Å². The van der Waals surface area contributed by atoms with Gasteiger partial charge in [-0.05, 0) is 12.3 Å². The van der Waals surface area contributed by atoms with Crippen LogP contribution in [0.25, 0.3) is 0 Å². The lowest BCUT2D eigenvalue weighted by atomic mass is 9.80. The molecule has 21 heavy (non-hydrogen) atoms. The number of carbonyl (C=O) groups excluding carboxylic acids is 2. The van der Waals surface area contributed by atoms with Gasteiger partial charge in [0.25, 0.3) is 0 Å². The van der Waals surface area contributed by atoms with E-state index in [-0.39, 0.29) is 12.8 Å². The lowest BCUT2D eigenvalue weighted by molar-refractivity contribution is -0.143. The Morgan fingerprint density at radius 2 is 1.71 bits per heavy atom. The molecule has 0 saturated heterocycles. The van der Waals surface area contributed by atoms with Gasteiger partial charge in [-0.15, -0.1) is 0 Å². The zero-order valence-corrected chi connectivity index (χ0v) is 12.0. The normalized spacial score (nSPS) is 15.1. The van der Waals surface area contributed by atoms with Gasteiger partial charge >= 0.3 is 11.9 Å². The molecule has 0 aliphatic carbocycles. The zero-order valence-electron chi connectivity index (χ0n) is 12.0. The second-order valence-electron chi connectivity index (χ2n) is 5.01. The van der Waals surface area contributed by atoms with Crippen LogP contribution in [0, 0.1) is 5.92 Å². The predicted molar refractivity (Wildman–Crippen MR) is 72.3 cm³/mol. The maximum atomic E-state index is 12.1. The summed E-state index contributed by atoms with van der Waals surface area (Å²) < 4.78 is 0. The molecule has 0 unspecified atom stereocenters. The van der Waals surface area contributed by atoms with Gasteiger partial charge < -0.3 is 27.0 Å². The van der Waals surface area contributed by atoms with Crippen LogP contribution in [0.1, 0.15) is 26.7 Å². The molecule has 0 spiro atoms. The second-order valence-corrected chi connectivity index (χ2v) is 5.01. The Morgan fingerprint density at radius 3 is 2.10 bits per heavy atom. The molecular weight excluding hydrogens is 282 g/mol. The Bertz CT molecular complexity index is 437. The molecule has 0 aromatic carbocycles. The minimum absolute atomic E-state index is 0.161. The van der Waals surface area contributed by atoms with Crippen molar-refractivity contribution in [3.05, 3.63) is 0 Å². The third kappa shape index (κ3) is 5.12. The van der Waals surface area contributed by atoms with Crippen molar-refractivity contribution in [2.45, 2.75) is 38.3 Å². The molecule has 0 rings (SSSR count). The number of amides is 1. The van der Waals surface area contributed by atoms with Gasteiger partial charge in [-0.2, -0.15) is 0 Å². The summed E-state index contributed by atoms with van der Waals surface area (Å²) in [6, 6.07) is -1.23. The fourth-order valence-corrected chi connectivity index (χ4v) is 1.63. The molecule has 120 valence electrons. The van der Waals surface area contributed by atoms with E-state index >= 15 is 0 Å². The summed E-state index contributed by atoms with van der Waals surface area (Å²) >= 11 is 0. The highest BCUT2D eigenvalue weighted by Gasteiger charge is 2.44. The molecule has 2 atom stereocenters. The summed E-state index contributed by atoms with van der Waals surface area (Å²) in [5.74, 6) is -4.72. The van der Waals surface area contributed by atoms with Crippen molar-refractivity contribution in [3.63, 3.8) is 0 Å². The quantitative estimate of drug-likeness (QED) is 0.313. The van der Waals surface area contributed by atoms with E-state index < -0.39 is 47.7 Å². The third-order valence-corrected chi connectivity index (χ3v) is 3.15. The molecular formula is C12H21N3O6. The maximum Gasteiger partial charge on any atom is 0.322 e. The van der Waals surface area contributed by atoms with Crippen LogP contribution in [0.3, 0.4) is 0 Å². The largest absolute Gasteiger partial charge is 0.480 e. The Kier molecular flexibility index (Phi) is 6.96. The number of hydrogen-bond acceptors (Lipinski definition) is 6. The minimum Gasteiger partial charge on any atom is -0.480 e. The standard InChI is InChI=1S/C12H21N3O6/c1-6(2)12(14,11(21)15-5-9(17)18)8(16)4-3-7(13)10(19)20/h6-7H,3-5,13-14H2,1-2H3,(H,15,21)(H,17,18)(H,19,20)/t7-,12+/m0/s1. The molecule has 0 bridgehead atoms. The Labute approximate surface area is 121 Å². The molecule has 0 aliphatic heterocycles. The number of nitrogens with one attached hydrogen (secondary N) is 1. The van der Waals surface area contributed by atoms with Gasteiger partial charge in [0, 0.05) is 6.42 Å². The number of rotatable bonds is 9. The first-order valence-electron chi connectivity index (χ1n) is 6.34. The van der Waals surface area contributed by atoms with Crippen molar-refractivity contribution < 1.29 is 29.4 Å². The molecule has 9 heteroatoms. The average Bonchev–Trinajstić information content (AvgIpc) is 2.39. The van der Waals surface area contributed by atoms with Crippen LogP contribution < -0.4 is 16.8 Å². The highest BCUT2D eigenvalue weighted by molar-refractivity contribution is 6.11. The Balaban J connectivity index is 4.93. The van der Waals surface area contributed by atoms with Gasteiger partial charge in [-0.3, -0.25) is 19.2 Å². The molecule has 0 aromatic heterocycles. The molecule has 0 radical (unpaired) electrons. The summed E-state index contributed by atoms with van der Waals surface area (Å²) in [6.45, 7) is 2.41. The SMILES string of the molecule is CC(C)[C@@](N)(C(=O)CC[C@H](N)C(=O)O)C(=O)NCC(=O)O. The summed E-state index contributed by atoms with van der Waals surface area (Å²) in [4.78, 5) is 45.1. The van der Waals surface area contributed by atoms with Crippen LogP contribution in [0.15, 0.2) is 0 Å². The Hall–Kier alpha value is -2.00.